The van der Waals surface area contributed by atoms with E-state index in [1.807, 2.05) is 0 Å². The van der Waals surface area contributed by atoms with E-state index in [9.17, 15) is 13.6 Å². The molecular formula is C12H6BrF2NOS. The smallest absolute Gasteiger partial charge is 0.150 e. The van der Waals surface area contributed by atoms with E-state index < -0.39 is 11.6 Å². The van der Waals surface area contributed by atoms with Gasteiger partial charge in [-0.2, -0.15) is 0 Å². The summed E-state index contributed by atoms with van der Waals surface area (Å²) in [5.41, 5.74) is -0.0329. The summed E-state index contributed by atoms with van der Waals surface area (Å²) >= 11 is 4.11. The highest BCUT2D eigenvalue weighted by molar-refractivity contribution is 9.10. The third-order valence-corrected chi connectivity index (χ3v) is 4.10. The molecule has 1 aromatic heterocycles. The number of pyridine rings is 1. The van der Waals surface area contributed by atoms with Crippen LogP contribution in [0.2, 0.25) is 0 Å². The van der Waals surface area contributed by atoms with Crippen molar-refractivity contribution in [3.05, 3.63) is 52.1 Å². The molecule has 1 heterocycles. The molecule has 0 atom stereocenters. The van der Waals surface area contributed by atoms with Gasteiger partial charge in [0.15, 0.2) is 0 Å². The van der Waals surface area contributed by atoms with Gasteiger partial charge in [0.2, 0.25) is 0 Å². The van der Waals surface area contributed by atoms with Crippen LogP contribution >= 0.6 is 27.7 Å². The topological polar surface area (TPSA) is 30.0 Å². The fourth-order valence-corrected chi connectivity index (χ4v) is 2.57. The molecule has 0 aliphatic carbocycles. The van der Waals surface area contributed by atoms with Crippen LogP contribution in [-0.4, -0.2) is 11.3 Å². The van der Waals surface area contributed by atoms with Gasteiger partial charge in [0.25, 0.3) is 0 Å². The van der Waals surface area contributed by atoms with Crippen molar-refractivity contribution in [1.29, 1.82) is 0 Å². The molecule has 0 bridgehead atoms. The summed E-state index contributed by atoms with van der Waals surface area (Å²) in [6, 6.07) is 5.42. The maximum Gasteiger partial charge on any atom is 0.150 e. The maximum atomic E-state index is 13.7. The van der Waals surface area contributed by atoms with Gasteiger partial charge < -0.3 is 0 Å². The highest BCUT2D eigenvalue weighted by Crippen LogP contribution is 2.34. The van der Waals surface area contributed by atoms with E-state index in [1.165, 1.54) is 6.20 Å². The molecule has 0 saturated heterocycles. The van der Waals surface area contributed by atoms with Gasteiger partial charge in [-0.25, -0.2) is 13.8 Å². The average Bonchev–Trinajstić information content (AvgIpc) is 2.35. The van der Waals surface area contributed by atoms with Crippen LogP contribution in [0.1, 0.15) is 10.4 Å². The average molecular weight is 330 g/mol. The van der Waals surface area contributed by atoms with Crippen molar-refractivity contribution >= 4 is 34.0 Å². The summed E-state index contributed by atoms with van der Waals surface area (Å²) < 4.78 is 28.0. The van der Waals surface area contributed by atoms with Crippen molar-refractivity contribution in [1.82, 2.24) is 4.98 Å². The quantitative estimate of drug-likeness (QED) is 0.794. The zero-order chi connectivity index (χ0) is 13.1. The van der Waals surface area contributed by atoms with E-state index in [0.29, 0.717) is 15.8 Å². The Morgan fingerprint density at radius 3 is 2.50 bits per heavy atom. The standard InChI is InChI=1S/C12H6BrF2NOS/c13-8-2-1-3-16-12(8)18-11-9(14)4-7(6-17)5-10(11)15/h1-6H. The lowest BCUT2D eigenvalue weighted by atomic mass is 10.2. The van der Waals surface area contributed by atoms with Gasteiger partial charge in [0.1, 0.15) is 22.9 Å². The van der Waals surface area contributed by atoms with Gasteiger partial charge in [-0.3, -0.25) is 4.79 Å². The van der Waals surface area contributed by atoms with Crippen molar-refractivity contribution in [3.63, 3.8) is 0 Å². The lowest BCUT2D eigenvalue weighted by molar-refractivity contribution is 0.112. The largest absolute Gasteiger partial charge is 0.298 e. The first kappa shape index (κ1) is 13.2. The van der Waals surface area contributed by atoms with Crippen LogP contribution in [0.15, 0.2) is 44.9 Å². The second-order valence-corrected chi connectivity index (χ2v) is 5.18. The van der Waals surface area contributed by atoms with Gasteiger partial charge >= 0.3 is 0 Å². The predicted molar refractivity (Wildman–Crippen MR) is 67.8 cm³/mol. The van der Waals surface area contributed by atoms with Gasteiger partial charge in [0, 0.05) is 11.8 Å². The molecule has 0 saturated carbocycles. The molecule has 2 rings (SSSR count). The molecule has 0 amide bonds. The van der Waals surface area contributed by atoms with Crippen molar-refractivity contribution in [2.45, 2.75) is 9.92 Å². The fourth-order valence-electron chi connectivity index (χ4n) is 1.29. The number of halogens is 3. The molecule has 0 aliphatic rings. The molecule has 2 aromatic rings. The third kappa shape index (κ3) is 2.76. The van der Waals surface area contributed by atoms with Crippen LogP contribution in [0, 0.1) is 11.6 Å². The minimum absolute atomic E-state index is 0.0329. The van der Waals surface area contributed by atoms with Crippen molar-refractivity contribution in [3.8, 4) is 0 Å². The van der Waals surface area contributed by atoms with Crippen molar-refractivity contribution in [2.24, 2.45) is 0 Å². The van der Waals surface area contributed by atoms with Crippen molar-refractivity contribution in [2.75, 3.05) is 0 Å². The van der Waals surface area contributed by atoms with Gasteiger partial charge in [-0.15, -0.1) is 0 Å². The number of hydrogen-bond acceptors (Lipinski definition) is 3. The van der Waals surface area contributed by atoms with E-state index in [-0.39, 0.29) is 10.5 Å². The number of benzene rings is 1. The number of nitrogens with zero attached hydrogens (tertiary/aromatic N) is 1. The molecule has 18 heavy (non-hydrogen) atoms. The molecule has 0 radical (unpaired) electrons. The fraction of sp³-hybridized carbons (Fsp3) is 0. The van der Waals surface area contributed by atoms with Crippen LogP contribution in [0.4, 0.5) is 8.78 Å². The minimum Gasteiger partial charge on any atom is -0.298 e. The van der Waals surface area contributed by atoms with Crippen LogP contribution in [-0.2, 0) is 0 Å². The van der Waals surface area contributed by atoms with Crippen LogP contribution in [0.3, 0.4) is 0 Å². The summed E-state index contributed by atoms with van der Waals surface area (Å²) in [5.74, 6) is -1.56. The van der Waals surface area contributed by atoms with Crippen LogP contribution in [0.5, 0.6) is 0 Å². The van der Waals surface area contributed by atoms with Gasteiger partial charge in [0.05, 0.1) is 9.37 Å². The normalized spacial score (nSPS) is 10.4. The molecule has 6 heteroatoms. The second-order valence-electron chi connectivity index (χ2n) is 3.32. The van der Waals surface area contributed by atoms with E-state index in [1.54, 1.807) is 12.1 Å². The first-order valence-electron chi connectivity index (χ1n) is 4.84. The summed E-state index contributed by atoms with van der Waals surface area (Å²) in [4.78, 5) is 14.3. The molecule has 92 valence electrons. The number of hydrogen-bond donors (Lipinski definition) is 0. The maximum absolute atomic E-state index is 13.7. The van der Waals surface area contributed by atoms with Crippen LogP contribution < -0.4 is 0 Å². The summed E-state index contributed by atoms with van der Waals surface area (Å²) in [6.45, 7) is 0. The molecule has 0 unspecified atom stereocenters. The Balaban J connectivity index is 2.41. The Kier molecular flexibility index (Phi) is 4.08. The highest BCUT2D eigenvalue weighted by atomic mass is 79.9. The van der Waals surface area contributed by atoms with Gasteiger partial charge in [-0.05, 0) is 40.2 Å². The minimum atomic E-state index is -0.778. The Morgan fingerprint density at radius 1 is 1.28 bits per heavy atom. The molecule has 0 N–H and O–H groups in total. The second kappa shape index (κ2) is 5.58. The molecule has 0 fully saturated rings. The van der Waals surface area contributed by atoms with E-state index in [0.717, 1.165) is 23.9 Å². The Morgan fingerprint density at radius 2 is 1.94 bits per heavy atom. The number of carbonyl (C=O) groups excluding carboxylic acids is 1. The zero-order valence-corrected chi connectivity index (χ0v) is 11.3. The molecule has 0 aliphatic heterocycles. The lowest BCUT2D eigenvalue weighted by Crippen LogP contribution is -1.93. The SMILES string of the molecule is O=Cc1cc(F)c(Sc2ncccc2Br)c(F)c1. The zero-order valence-electron chi connectivity index (χ0n) is 8.86. The number of carbonyl (C=O) groups is 1. The Bertz CT molecular complexity index is 583. The number of aldehydes is 1. The molecule has 2 nitrogen and oxygen atoms in total. The first-order valence-corrected chi connectivity index (χ1v) is 6.45. The third-order valence-electron chi connectivity index (χ3n) is 2.08. The number of aromatic nitrogens is 1. The molecule has 1 aromatic carbocycles. The number of rotatable bonds is 3. The summed E-state index contributed by atoms with van der Waals surface area (Å²) in [5, 5.41) is 0.453. The monoisotopic (exact) mass is 329 g/mol. The molecule has 0 spiro atoms. The van der Waals surface area contributed by atoms with Gasteiger partial charge in [-0.1, -0.05) is 11.8 Å². The predicted octanol–water partition coefficient (Wildman–Crippen LogP) is 4.09. The molecular weight excluding hydrogens is 324 g/mol. The summed E-state index contributed by atoms with van der Waals surface area (Å²) in [6.07, 6.45) is 1.93. The lowest BCUT2D eigenvalue weighted by Gasteiger charge is -2.06. The van der Waals surface area contributed by atoms with E-state index >= 15 is 0 Å². The van der Waals surface area contributed by atoms with E-state index in [2.05, 4.69) is 20.9 Å². The van der Waals surface area contributed by atoms with Crippen LogP contribution in [0.25, 0.3) is 0 Å². The Hall–Kier alpha value is -1.27. The first-order chi connectivity index (χ1) is 8.61. The highest BCUT2D eigenvalue weighted by Gasteiger charge is 2.14. The van der Waals surface area contributed by atoms with E-state index in [4.69, 9.17) is 0 Å². The summed E-state index contributed by atoms with van der Waals surface area (Å²) in [7, 11) is 0. The Labute approximate surface area is 115 Å². The van der Waals surface area contributed by atoms with Crippen molar-refractivity contribution < 1.29 is 13.6 Å².